The molecular weight excluding hydrogens is 278 g/mol. The second-order valence-electron chi connectivity index (χ2n) is 6.76. The van der Waals surface area contributed by atoms with Crippen molar-refractivity contribution < 1.29 is 0 Å². The summed E-state index contributed by atoms with van der Waals surface area (Å²) in [5.41, 5.74) is 10.9. The number of anilines is 2. The van der Waals surface area contributed by atoms with Gasteiger partial charge in [-0.25, -0.2) is 4.98 Å². The molecular formula is C17H23N3S. The standard InChI is InChI=1S/C17H23N3S/c1-17(2,3)16-19-12(11-21-16)10-20-9-5-6-13-14(18)7-4-8-15(13)20/h4,7-8,11H,5-6,9-10,18H2,1-3H3. The minimum absolute atomic E-state index is 0.132. The van der Waals surface area contributed by atoms with Crippen LogP contribution in [0.2, 0.25) is 0 Å². The average molecular weight is 301 g/mol. The molecule has 112 valence electrons. The summed E-state index contributed by atoms with van der Waals surface area (Å²) in [4.78, 5) is 7.23. The van der Waals surface area contributed by atoms with Gasteiger partial charge in [0.15, 0.2) is 0 Å². The van der Waals surface area contributed by atoms with Crippen LogP contribution in [0.5, 0.6) is 0 Å². The first-order valence-electron chi connectivity index (χ1n) is 7.52. The van der Waals surface area contributed by atoms with E-state index in [2.05, 4.69) is 37.1 Å². The van der Waals surface area contributed by atoms with E-state index in [1.165, 1.54) is 22.0 Å². The molecule has 21 heavy (non-hydrogen) atoms. The Hall–Kier alpha value is -1.55. The zero-order valence-corrected chi connectivity index (χ0v) is 13.8. The Bertz CT molecular complexity index is 640. The van der Waals surface area contributed by atoms with Crippen LogP contribution >= 0.6 is 11.3 Å². The van der Waals surface area contributed by atoms with Gasteiger partial charge in [0, 0.05) is 28.7 Å². The van der Waals surface area contributed by atoms with Gasteiger partial charge in [-0.2, -0.15) is 0 Å². The van der Waals surface area contributed by atoms with Crippen LogP contribution < -0.4 is 10.6 Å². The Morgan fingerprint density at radius 3 is 2.86 bits per heavy atom. The van der Waals surface area contributed by atoms with Crippen LogP contribution in [0, 0.1) is 0 Å². The molecule has 3 nitrogen and oxygen atoms in total. The van der Waals surface area contributed by atoms with Crippen molar-refractivity contribution in [3.05, 3.63) is 39.8 Å². The summed E-state index contributed by atoms with van der Waals surface area (Å²) in [5.74, 6) is 0. The molecule has 1 aliphatic heterocycles. The normalized spacial score (nSPS) is 15.1. The predicted molar refractivity (Wildman–Crippen MR) is 91.0 cm³/mol. The molecule has 0 aliphatic carbocycles. The lowest BCUT2D eigenvalue weighted by Crippen LogP contribution is -2.29. The van der Waals surface area contributed by atoms with Gasteiger partial charge in [0.2, 0.25) is 0 Å². The van der Waals surface area contributed by atoms with Crippen LogP contribution in [-0.4, -0.2) is 11.5 Å². The zero-order valence-electron chi connectivity index (χ0n) is 13.0. The first-order chi connectivity index (χ1) is 9.95. The van der Waals surface area contributed by atoms with Crippen molar-refractivity contribution in [3.8, 4) is 0 Å². The van der Waals surface area contributed by atoms with Crippen LogP contribution in [0.25, 0.3) is 0 Å². The molecule has 1 aromatic carbocycles. The van der Waals surface area contributed by atoms with Crippen molar-refractivity contribution in [2.45, 2.75) is 45.6 Å². The highest BCUT2D eigenvalue weighted by molar-refractivity contribution is 7.09. The number of benzene rings is 1. The highest BCUT2D eigenvalue weighted by Crippen LogP contribution is 2.33. The Kier molecular flexibility index (Phi) is 3.66. The maximum atomic E-state index is 6.12. The van der Waals surface area contributed by atoms with E-state index in [0.717, 1.165) is 31.6 Å². The lowest BCUT2D eigenvalue weighted by Gasteiger charge is -2.31. The SMILES string of the molecule is CC(C)(C)c1nc(CN2CCCc3c(N)cccc32)cs1. The van der Waals surface area contributed by atoms with E-state index in [1.54, 1.807) is 11.3 Å². The number of thiazole rings is 1. The number of nitrogens with two attached hydrogens (primary N) is 1. The molecule has 1 aliphatic rings. The fourth-order valence-corrected chi connectivity index (χ4v) is 3.71. The molecule has 2 heterocycles. The minimum atomic E-state index is 0.132. The molecule has 0 spiro atoms. The lowest BCUT2D eigenvalue weighted by atomic mass is 9.98. The van der Waals surface area contributed by atoms with Crippen molar-refractivity contribution >= 4 is 22.7 Å². The molecule has 2 aromatic rings. The number of aromatic nitrogens is 1. The molecule has 0 saturated heterocycles. The van der Waals surface area contributed by atoms with E-state index in [4.69, 9.17) is 10.7 Å². The van der Waals surface area contributed by atoms with E-state index >= 15 is 0 Å². The highest BCUT2D eigenvalue weighted by Gasteiger charge is 2.21. The van der Waals surface area contributed by atoms with Crippen LogP contribution in [0.3, 0.4) is 0 Å². The minimum Gasteiger partial charge on any atom is -0.398 e. The van der Waals surface area contributed by atoms with Crippen molar-refractivity contribution in [2.75, 3.05) is 17.2 Å². The quantitative estimate of drug-likeness (QED) is 0.853. The van der Waals surface area contributed by atoms with Gasteiger partial charge < -0.3 is 10.6 Å². The van der Waals surface area contributed by atoms with Crippen LogP contribution in [0.4, 0.5) is 11.4 Å². The molecule has 0 atom stereocenters. The fraction of sp³-hybridized carbons (Fsp3) is 0.471. The van der Waals surface area contributed by atoms with Crippen LogP contribution in [0.1, 0.15) is 43.5 Å². The smallest absolute Gasteiger partial charge is 0.0982 e. The topological polar surface area (TPSA) is 42.2 Å². The second kappa shape index (κ2) is 5.34. The fourth-order valence-electron chi connectivity index (χ4n) is 2.81. The van der Waals surface area contributed by atoms with E-state index in [-0.39, 0.29) is 5.41 Å². The third-order valence-electron chi connectivity index (χ3n) is 3.93. The van der Waals surface area contributed by atoms with E-state index in [9.17, 15) is 0 Å². The van der Waals surface area contributed by atoms with Gasteiger partial charge in [-0.15, -0.1) is 11.3 Å². The van der Waals surface area contributed by atoms with Gasteiger partial charge in [0.25, 0.3) is 0 Å². The molecule has 2 N–H and O–H groups in total. The maximum absolute atomic E-state index is 6.12. The Morgan fingerprint density at radius 2 is 2.14 bits per heavy atom. The summed E-state index contributed by atoms with van der Waals surface area (Å²) in [6, 6.07) is 6.24. The van der Waals surface area contributed by atoms with Gasteiger partial charge in [-0.1, -0.05) is 26.8 Å². The molecule has 0 radical (unpaired) electrons. The summed E-state index contributed by atoms with van der Waals surface area (Å²) in [7, 11) is 0. The monoisotopic (exact) mass is 301 g/mol. The number of nitrogens with zero attached hydrogens (tertiary/aromatic N) is 2. The Morgan fingerprint density at radius 1 is 1.33 bits per heavy atom. The van der Waals surface area contributed by atoms with Crippen LogP contribution in [-0.2, 0) is 18.4 Å². The number of hydrogen-bond acceptors (Lipinski definition) is 4. The molecule has 0 fully saturated rings. The molecule has 1 aromatic heterocycles. The largest absolute Gasteiger partial charge is 0.398 e. The molecule has 0 unspecified atom stereocenters. The van der Waals surface area contributed by atoms with Gasteiger partial charge in [0.1, 0.15) is 0 Å². The molecule has 3 rings (SSSR count). The number of nitrogen functional groups attached to an aromatic ring is 1. The lowest BCUT2D eigenvalue weighted by molar-refractivity contribution is 0.581. The van der Waals surface area contributed by atoms with Gasteiger partial charge in [-0.3, -0.25) is 0 Å². The van der Waals surface area contributed by atoms with Gasteiger partial charge in [-0.05, 0) is 30.5 Å². The van der Waals surface area contributed by atoms with Crippen molar-refractivity contribution in [3.63, 3.8) is 0 Å². The Labute approximate surface area is 130 Å². The summed E-state index contributed by atoms with van der Waals surface area (Å²) < 4.78 is 0. The molecule has 0 bridgehead atoms. The summed E-state index contributed by atoms with van der Waals surface area (Å²) in [5, 5.41) is 3.41. The highest BCUT2D eigenvalue weighted by atomic mass is 32.1. The molecule has 4 heteroatoms. The third kappa shape index (κ3) is 2.91. The molecule has 0 amide bonds. The van der Waals surface area contributed by atoms with E-state index < -0.39 is 0 Å². The second-order valence-corrected chi connectivity index (χ2v) is 7.62. The number of fused-ring (bicyclic) bond motifs is 1. The summed E-state index contributed by atoms with van der Waals surface area (Å²) in [6.45, 7) is 8.60. The Balaban J connectivity index is 1.84. The van der Waals surface area contributed by atoms with Gasteiger partial charge in [0.05, 0.1) is 17.2 Å². The van der Waals surface area contributed by atoms with Crippen LogP contribution in [0.15, 0.2) is 23.6 Å². The number of hydrogen-bond donors (Lipinski definition) is 1. The van der Waals surface area contributed by atoms with E-state index in [1.807, 2.05) is 12.1 Å². The maximum Gasteiger partial charge on any atom is 0.0982 e. The van der Waals surface area contributed by atoms with Crippen molar-refractivity contribution in [1.29, 1.82) is 0 Å². The summed E-state index contributed by atoms with van der Waals surface area (Å²) in [6.07, 6.45) is 2.25. The summed E-state index contributed by atoms with van der Waals surface area (Å²) >= 11 is 1.77. The van der Waals surface area contributed by atoms with E-state index in [0.29, 0.717) is 0 Å². The average Bonchev–Trinajstić information content (AvgIpc) is 2.89. The third-order valence-corrected chi connectivity index (χ3v) is 5.25. The first kappa shape index (κ1) is 14.4. The predicted octanol–water partition coefficient (Wildman–Crippen LogP) is 3.98. The first-order valence-corrected chi connectivity index (χ1v) is 8.40. The van der Waals surface area contributed by atoms with Crippen molar-refractivity contribution in [1.82, 2.24) is 4.98 Å². The number of rotatable bonds is 2. The van der Waals surface area contributed by atoms with Gasteiger partial charge >= 0.3 is 0 Å². The zero-order chi connectivity index (χ0) is 15.0. The van der Waals surface area contributed by atoms with Crippen molar-refractivity contribution in [2.24, 2.45) is 0 Å². The molecule has 0 saturated carbocycles.